The summed E-state index contributed by atoms with van der Waals surface area (Å²) in [6, 6.07) is 5.33. The average molecular weight is 494 g/mol. The molecule has 0 bridgehead atoms. The van der Waals surface area contributed by atoms with E-state index in [0.717, 1.165) is 18.4 Å². The van der Waals surface area contributed by atoms with E-state index >= 15 is 0 Å². The molecule has 36 heavy (non-hydrogen) atoms. The summed E-state index contributed by atoms with van der Waals surface area (Å²) in [6.07, 6.45) is 7.61. The van der Waals surface area contributed by atoms with Crippen LogP contribution in [0.5, 0.6) is 5.75 Å². The summed E-state index contributed by atoms with van der Waals surface area (Å²) in [5, 5.41) is 23.8. The van der Waals surface area contributed by atoms with Gasteiger partial charge in [0.05, 0.1) is 12.2 Å². The molecule has 12 heteroatoms. The van der Waals surface area contributed by atoms with Crippen LogP contribution in [-0.4, -0.2) is 56.1 Å². The fraction of sp³-hybridized carbons (Fsp3) is 0.375. The second-order valence-electron chi connectivity index (χ2n) is 8.92. The number of tetrazole rings is 1. The molecule has 1 aliphatic carbocycles. The number of fused-ring (bicyclic) bond motifs is 1. The van der Waals surface area contributed by atoms with Crippen LogP contribution in [0.4, 0.5) is 5.69 Å². The lowest BCUT2D eigenvalue weighted by Crippen LogP contribution is -2.33. The molecular weight excluding hydrogens is 462 g/mol. The second kappa shape index (κ2) is 10.1. The van der Waals surface area contributed by atoms with Crippen LogP contribution in [-0.2, 0) is 22.7 Å². The first kappa shape index (κ1) is 23.4. The number of ether oxygens (including phenoxy) is 1. The van der Waals surface area contributed by atoms with Crippen LogP contribution in [0.15, 0.2) is 46.8 Å². The van der Waals surface area contributed by atoms with Crippen molar-refractivity contribution in [3.8, 4) is 5.75 Å². The largest absolute Gasteiger partial charge is 0.482 e. The van der Waals surface area contributed by atoms with Gasteiger partial charge in [-0.1, -0.05) is 31.9 Å². The van der Waals surface area contributed by atoms with E-state index < -0.39 is 5.91 Å². The standard InChI is InChI=1S/C24H27N9O3.2H2/c1-15-27-19(24(35)26-12-17-8-9-21-18(10-17)28-22(34)14-36-21)11-20(33(15)25-2)23-29-31-32(30-23)13-16-6-4-3-5-7-16;;/h8-11,16H,1-7,12-14H2,(H,26,35)(H,28,34);2*1H. The summed E-state index contributed by atoms with van der Waals surface area (Å²) in [6.45, 7) is 8.38. The van der Waals surface area contributed by atoms with Crippen molar-refractivity contribution >= 4 is 35.6 Å². The molecule has 5 rings (SSSR count). The number of rotatable bonds is 7. The van der Waals surface area contributed by atoms with Crippen molar-refractivity contribution in [1.29, 1.82) is 0 Å². The van der Waals surface area contributed by atoms with Crippen LogP contribution >= 0.6 is 0 Å². The van der Waals surface area contributed by atoms with Gasteiger partial charge in [-0.2, -0.15) is 9.90 Å². The third-order valence-corrected chi connectivity index (χ3v) is 6.33. The van der Waals surface area contributed by atoms with Gasteiger partial charge in [-0.05, 0) is 47.7 Å². The first-order chi connectivity index (χ1) is 17.5. The monoisotopic (exact) mass is 493 g/mol. The van der Waals surface area contributed by atoms with Crippen molar-refractivity contribution in [1.82, 2.24) is 30.5 Å². The molecule has 1 fully saturated rings. The third kappa shape index (κ3) is 5.02. The molecule has 1 saturated carbocycles. The fourth-order valence-corrected chi connectivity index (χ4v) is 4.52. The molecule has 2 amide bonds. The Bertz CT molecular complexity index is 1280. The summed E-state index contributed by atoms with van der Waals surface area (Å²) in [5.41, 5.74) is 1.90. The Morgan fingerprint density at radius 1 is 1.31 bits per heavy atom. The maximum atomic E-state index is 12.9. The number of nitrogens with zero attached hydrogens (tertiary/aromatic N) is 7. The molecule has 2 N–H and O–H groups in total. The molecule has 1 aromatic carbocycles. The lowest BCUT2D eigenvalue weighted by atomic mass is 9.89. The zero-order valence-corrected chi connectivity index (χ0v) is 19.8. The smallest absolute Gasteiger partial charge is 0.270 e. The van der Waals surface area contributed by atoms with Gasteiger partial charge in [0.15, 0.2) is 6.61 Å². The molecule has 190 valence electrons. The number of carbonyl (C=O) groups is 2. The first-order valence-electron chi connectivity index (χ1n) is 11.9. The van der Waals surface area contributed by atoms with E-state index in [1.807, 2.05) is 6.07 Å². The molecular formula is C24H31N9O3. The third-order valence-electron chi connectivity index (χ3n) is 6.33. The number of carbonyl (C=O) groups excluding carboxylic acids is 2. The number of hydrogen-bond acceptors (Lipinski definition) is 9. The molecule has 2 aromatic rings. The predicted molar refractivity (Wildman–Crippen MR) is 137 cm³/mol. The van der Waals surface area contributed by atoms with Crippen molar-refractivity contribution in [3.05, 3.63) is 48.1 Å². The van der Waals surface area contributed by atoms with E-state index in [1.54, 1.807) is 23.0 Å². The molecule has 0 atom stereocenters. The summed E-state index contributed by atoms with van der Waals surface area (Å²) in [4.78, 5) is 30.4. The number of aliphatic imine (C=N–C) groups is 1. The van der Waals surface area contributed by atoms with Crippen molar-refractivity contribution in [2.24, 2.45) is 16.0 Å². The number of hydrogen-bond donors (Lipinski definition) is 2. The summed E-state index contributed by atoms with van der Waals surface area (Å²) in [5.74, 6) is 1.02. The highest BCUT2D eigenvalue weighted by Crippen LogP contribution is 2.29. The zero-order valence-electron chi connectivity index (χ0n) is 19.8. The molecule has 3 aliphatic rings. The zero-order chi connectivity index (χ0) is 25.1. The Kier molecular flexibility index (Phi) is 6.56. The van der Waals surface area contributed by atoms with E-state index in [-0.39, 0.29) is 33.4 Å². The SMILES string of the molecule is C=NN1C(=C)N=C(C(=O)NCc2ccc3c(c2)NC(=O)CO3)C=C1c1nnn(CC2CCCCC2)n1.[HH].[HH]. The molecule has 0 saturated heterocycles. The summed E-state index contributed by atoms with van der Waals surface area (Å²) >= 11 is 0. The van der Waals surface area contributed by atoms with Gasteiger partial charge in [-0.25, -0.2) is 10.0 Å². The Labute approximate surface area is 210 Å². The average Bonchev–Trinajstić information content (AvgIpc) is 3.35. The van der Waals surface area contributed by atoms with Gasteiger partial charge in [-0.3, -0.25) is 9.59 Å². The highest BCUT2D eigenvalue weighted by molar-refractivity contribution is 6.44. The minimum atomic E-state index is -0.412. The molecule has 2 aliphatic heterocycles. The highest BCUT2D eigenvalue weighted by atomic mass is 16.5. The van der Waals surface area contributed by atoms with E-state index in [1.165, 1.54) is 24.3 Å². The fourth-order valence-electron chi connectivity index (χ4n) is 4.52. The van der Waals surface area contributed by atoms with E-state index in [2.05, 4.69) is 49.4 Å². The topological polar surface area (TPSA) is 139 Å². The first-order valence-corrected chi connectivity index (χ1v) is 11.9. The van der Waals surface area contributed by atoms with Crippen molar-refractivity contribution in [3.63, 3.8) is 0 Å². The molecule has 3 heterocycles. The number of nitrogens with one attached hydrogen (secondary N) is 2. The van der Waals surface area contributed by atoms with Gasteiger partial charge in [0.25, 0.3) is 11.8 Å². The van der Waals surface area contributed by atoms with Crippen LogP contribution in [0, 0.1) is 5.92 Å². The Morgan fingerprint density at radius 3 is 2.94 bits per heavy atom. The van der Waals surface area contributed by atoms with E-state index in [0.29, 0.717) is 35.4 Å². The quantitative estimate of drug-likeness (QED) is 0.565. The van der Waals surface area contributed by atoms with E-state index in [9.17, 15) is 9.59 Å². The van der Waals surface area contributed by atoms with Gasteiger partial charge in [0.2, 0.25) is 5.82 Å². The molecule has 0 radical (unpaired) electrons. The van der Waals surface area contributed by atoms with Crippen LogP contribution < -0.4 is 15.4 Å². The van der Waals surface area contributed by atoms with Crippen molar-refractivity contribution in [2.75, 3.05) is 11.9 Å². The van der Waals surface area contributed by atoms with Crippen LogP contribution in [0.3, 0.4) is 0 Å². The molecule has 12 nitrogen and oxygen atoms in total. The van der Waals surface area contributed by atoms with E-state index in [4.69, 9.17) is 4.74 Å². The van der Waals surface area contributed by atoms with Crippen molar-refractivity contribution < 1.29 is 17.2 Å². The summed E-state index contributed by atoms with van der Waals surface area (Å²) in [7, 11) is 0. The minimum absolute atomic E-state index is 0. The summed E-state index contributed by atoms with van der Waals surface area (Å²) < 4.78 is 5.37. The number of benzene rings is 1. The number of hydrazone groups is 1. The predicted octanol–water partition coefficient (Wildman–Crippen LogP) is 2.58. The Morgan fingerprint density at radius 2 is 2.14 bits per heavy atom. The van der Waals surface area contributed by atoms with Crippen molar-refractivity contribution in [2.45, 2.75) is 45.2 Å². The second-order valence-corrected chi connectivity index (χ2v) is 8.92. The lowest BCUT2D eigenvalue weighted by molar-refractivity contribution is -0.118. The van der Waals surface area contributed by atoms with Gasteiger partial charge < -0.3 is 15.4 Å². The number of amides is 2. The van der Waals surface area contributed by atoms with Crippen LogP contribution in [0.2, 0.25) is 0 Å². The van der Waals surface area contributed by atoms with Gasteiger partial charge in [0, 0.05) is 16.1 Å². The molecule has 0 spiro atoms. The van der Waals surface area contributed by atoms with Crippen LogP contribution in [0.1, 0.15) is 46.3 Å². The van der Waals surface area contributed by atoms with Gasteiger partial charge in [0.1, 0.15) is 23.0 Å². The number of aromatic nitrogens is 4. The Hall–Kier alpha value is -4.35. The maximum absolute atomic E-state index is 12.9. The minimum Gasteiger partial charge on any atom is -0.482 e. The lowest BCUT2D eigenvalue weighted by Gasteiger charge is -2.23. The van der Waals surface area contributed by atoms with Crippen LogP contribution in [0.25, 0.3) is 5.70 Å². The normalized spacial score (nSPS) is 17.9. The highest BCUT2D eigenvalue weighted by Gasteiger charge is 2.27. The molecule has 0 unspecified atom stereocenters. The number of anilines is 1. The maximum Gasteiger partial charge on any atom is 0.270 e. The molecule has 1 aromatic heterocycles. The van der Waals surface area contributed by atoms with Gasteiger partial charge in [-0.15, -0.1) is 10.2 Å². The Balaban J connectivity index is 0.00000200. The van der Waals surface area contributed by atoms with Gasteiger partial charge >= 0.3 is 0 Å².